The van der Waals surface area contributed by atoms with Gasteiger partial charge in [0.2, 0.25) is 0 Å². The number of nitrogens with zero attached hydrogens (tertiary/aromatic N) is 1. The Bertz CT molecular complexity index is 286. The molecular weight excluding hydrogens is 202 g/mol. The van der Waals surface area contributed by atoms with Crippen LogP contribution in [0.25, 0.3) is 0 Å². The minimum absolute atomic E-state index is 0.284. The van der Waals surface area contributed by atoms with E-state index in [4.69, 9.17) is 5.26 Å². The second-order valence-electron chi connectivity index (χ2n) is 2.28. The van der Waals surface area contributed by atoms with Crippen LogP contribution >= 0.6 is 15.9 Å². The highest BCUT2D eigenvalue weighted by Gasteiger charge is 2.00. The molecule has 0 bridgehead atoms. The molecule has 1 aromatic rings. The zero-order chi connectivity index (χ0) is 8.27. The van der Waals surface area contributed by atoms with Crippen LogP contribution in [-0.4, -0.2) is 0 Å². The number of benzene rings is 1. The van der Waals surface area contributed by atoms with Gasteiger partial charge in [0.05, 0.1) is 11.6 Å². The van der Waals surface area contributed by atoms with Crippen molar-refractivity contribution in [3.8, 4) is 6.07 Å². The van der Waals surface area contributed by atoms with Gasteiger partial charge in [0.15, 0.2) is 0 Å². The highest BCUT2D eigenvalue weighted by Crippen LogP contribution is 2.21. The van der Waals surface area contributed by atoms with E-state index in [2.05, 4.69) is 28.1 Å². The van der Waals surface area contributed by atoms with Crippen molar-refractivity contribution < 1.29 is 0 Å². The summed E-state index contributed by atoms with van der Waals surface area (Å²) in [5.74, 6) is 0. The van der Waals surface area contributed by atoms with Crippen molar-refractivity contribution in [2.75, 3.05) is 0 Å². The van der Waals surface area contributed by atoms with Crippen LogP contribution in [0.3, 0.4) is 0 Å². The SMILES string of the molecule is CC(Br)c1c[c]cc(C#N)c1. The lowest BCUT2D eigenvalue weighted by atomic mass is 10.1. The molecule has 2 heteroatoms. The first-order chi connectivity index (χ1) is 5.24. The van der Waals surface area contributed by atoms with Crippen molar-refractivity contribution in [3.05, 3.63) is 35.4 Å². The first-order valence-electron chi connectivity index (χ1n) is 3.29. The first kappa shape index (κ1) is 8.29. The van der Waals surface area contributed by atoms with Crippen molar-refractivity contribution in [3.63, 3.8) is 0 Å². The van der Waals surface area contributed by atoms with Crippen LogP contribution < -0.4 is 0 Å². The Labute approximate surface area is 74.8 Å². The second-order valence-corrected chi connectivity index (χ2v) is 3.66. The summed E-state index contributed by atoms with van der Waals surface area (Å²) in [6, 6.07) is 10.4. The quantitative estimate of drug-likeness (QED) is 0.652. The third-order valence-corrected chi connectivity index (χ3v) is 1.93. The Morgan fingerprint density at radius 1 is 1.64 bits per heavy atom. The van der Waals surface area contributed by atoms with Crippen LogP contribution in [0.1, 0.15) is 22.9 Å². The van der Waals surface area contributed by atoms with E-state index in [1.54, 1.807) is 6.07 Å². The molecule has 0 amide bonds. The van der Waals surface area contributed by atoms with Crippen molar-refractivity contribution in [1.82, 2.24) is 0 Å². The summed E-state index contributed by atoms with van der Waals surface area (Å²) in [7, 11) is 0. The number of rotatable bonds is 1. The Hall–Kier alpha value is -0.810. The van der Waals surface area contributed by atoms with Crippen LogP contribution in [0.5, 0.6) is 0 Å². The molecule has 0 aliphatic heterocycles. The van der Waals surface area contributed by atoms with Gasteiger partial charge < -0.3 is 0 Å². The maximum atomic E-state index is 8.56. The van der Waals surface area contributed by atoms with Crippen molar-refractivity contribution in [2.24, 2.45) is 0 Å². The molecule has 0 saturated heterocycles. The molecule has 0 aromatic heterocycles. The van der Waals surface area contributed by atoms with E-state index in [9.17, 15) is 0 Å². The zero-order valence-corrected chi connectivity index (χ0v) is 7.72. The van der Waals surface area contributed by atoms with E-state index in [-0.39, 0.29) is 4.83 Å². The molecule has 1 unspecified atom stereocenters. The predicted octanol–water partition coefficient (Wildman–Crippen LogP) is 2.81. The Balaban J connectivity index is 3.03. The van der Waals surface area contributed by atoms with Gasteiger partial charge in [-0.3, -0.25) is 0 Å². The van der Waals surface area contributed by atoms with E-state index in [0.29, 0.717) is 5.56 Å². The summed E-state index contributed by atoms with van der Waals surface area (Å²) in [5.41, 5.74) is 1.75. The molecule has 0 fully saturated rings. The summed E-state index contributed by atoms with van der Waals surface area (Å²) in [6.07, 6.45) is 0. The highest BCUT2D eigenvalue weighted by atomic mass is 79.9. The summed E-state index contributed by atoms with van der Waals surface area (Å²) in [4.78, 5) is 0.284. The van der Waals surface area contributed by atoms with Gasteiger partial charge in [-0.05, 0) is 36.8 Å². The summed E-state index contributed by atoms with van der Waals surface area (Å²) in [6.45, 7) is 2.02. The lowest BCUT2D eigenvalue weighted by Gasteiger charge is -2.01. The van der Waals surface area contributed by atoms with Gasteiger partial charge in [-0.2, -0.15) is 5.26 Å². The molecule has 0 aliphatic carbocycles. The number of halogens is 1. The van der Waals surface area contributed by atoms with E-state index >= 15 is 0 Å². The van der Waals surface area contributed by atoms with Crippen LogP contribution in [0.15, 0.2) is 18.2 Å². The topological polar surface area (TPSA) is 23.8 Å². The molecule has 1 atom stereocenters. The van der Waals surface area contributed by atoms with E-state index < -0.39 is 0 Å². The van der Waals surface area contributed by atoms with Crippen LogP contribution in [0.2, 0.25) is 0 Å². The minimum Gasteiger partial charge on any atom is -0.192 e. The van der Waals surface area contributed by atoms with Gasteiger partial charge in [0.25, 0.3) is 0 Å². The average Bonchev–Trinajstić information content (AvgIpc) is 2.05. The average molecular weight is 209 g/mol. The molecule has 1 radical (unpaired) electrons. The van der Waals surface area contributed by atoms with Gasteiger partial charge in [0.1, 0.15) is 0 Å². The molecule has 55 valence electrons. The molecule has 0 N–H and O–H groups in total. The lowest BCUT2D eigenvalue weighted by molar-refractivity contribution is 1.12. The molecule has 0 aliphatic rings. The van der Waals surface area contributed by atoms with Crippen molar-refractivity contribution in [2.45, 2.75) is 11.8 Å². The van der Waals surface area contributed by atoms with E-state index in [0.717, 1.165) is 5.56 Å². The largest absolute Gasteiger partial charge is 0.192 e. The van der Waals surface area contributed by atoms with Gasteiger partial charge in [0, 0.05) is 4.83 Å². The van der Waals surface area contributed by atoms with Gasteiger partial charge >= 0.3 is 0 Å². The molecular formula is C9H7BrN. The number of hydrogen-bond acceptors (Lipinski definition) is 1. The number of hydrogen-bond donors (Lipinski definition) is 0. The summed E-state index contributed by atoms with van der Waals surface area (Å²) < 4.78 is 0. The number of alkyl halides is 1. The standard InChI is InChI=1S/C9H7BrN/c1-7(10)9-4-2-3-8(5-9)6-11/h3-5,7H,1H3. The molecule has 1 aromatic carbocycles. The third kappa shape index (κ3) is 2.06. The zero-order valence-electron chi connectivity index (χ0n) is 6.13. The van der Waals surface area contributed by atoms with Gasteiger partial charge in [-0.1, -0.05) is 15.9 Å². The predicted molar refractivity (Wildman–Crippen MR) is 47.3 cm³/mol. The molecule has 1 nitrogen and oxygen atoms in total. The maximum Gasteiger partial charge on any atom is 0.0991 e. The van der Waals surface area contributed by atoms with Gasteiger partial charge in [-0.25, -0.2) is 0 Å². The minimum atomic E-state index is 0.284. The Morgan fingerprint density at radius 3 is 2.91 bits per heavy atom. The van der Waals surface area contributed by atoms with Crippen molar-refractivity contribution in [1.29, 1.82) is 5.26 Å². The Morgan fingerprint density at radius 2 is 2.36 bits per heavy atom. The number of nitriles is 1. The van der Waals surface area contributed by atoms with Crippen LogP contribution in [-0.2, 0) is 0 Å². The summed E-state index contributed by atoms with van der Waals surface area (Å²) >= 11 is 3.42. The fourth-order valence-electron chi connectivity index (χ4n) is 0.785. The van der Waals surface area contributed by atoms with E-state index in [1.165, 1.54) is 0 Å². The van der Waals surface area contributed by atoms with E-state index in [1.807, 2.05) is 19.1 Å². The fraction of sp³-hybridized carbons (Fsp3) is 0.222. The molecule has 0 heterocycles. The normalized spacial score (nSPS) is 12.1. The molecule has 1 rings (SSSR count). The first-order valence-corrected chi connectivity index (χ1v) is 4.21. The maximum absolute atomic E-state index is 8.56. The third-order valence-electron chi connectivity index (χ3n) is 1.40. The fourth-order valence-corrected chi connectivity index (χ4v) is 1.05. The van der Waals surface area contributed by atoms with Crippen molar-refractivity contribution >= 4 is 15.9 Å². The summed E-state index contributed by atoms with van der Waals surface area (Å²) in [5, 5.41) is 8.56. The second kappa shape index (κ2) is 3.54. The van der Waals surface area contributed by atoms with Crippen LogP contribution in [0.4, 0.5) is 0 Å². The molecule has 11 heavy (non-hydrogen) atoms. The molecule has 0 spiro atoms. The highest BCUT2D eigenvalue weighted by molar-refractivity contribution is 9.09. The molecule has 0 saturated carbocycles. The monoisotopic (exact) mass is 208 g/mol. The Kier molecular flexibility index (Phi) is 2.67. The van der Waals surface area contributed by atoms with Crippen LogP contribution in [0, 0.1) is 17.4 Å². The lowest BCUT2D eigenvalue weighted by Crippen LogP contribution is -1.84. The van der Waals surface area contributed by atoms with Gasteiger partial charge in [-0.15, -0.1) is 0 Å². The smallest absolute Gasteiger partial charge is 0.0991 e.